The molecule has 1 aliphatic rings. The van der Waals surface area contributed by atoms with Crippen LogP contribution in [0.5, 0.6) is 5.75 Å². The fraction of sp³-hybridized carbons (Fsp3) is 0.533. The minimum atomic E-state index is -1.10. The minimum absolute atomic E-state index is 0.391. The van der Waals surface area contributed by atoms with Crippen LogP contribution in [0.1, 0.15) is 25.3 Å². The normalized spacial score (nSPS) is 22.9. The van der Waals surface area contributed by atoms with Gasteiger partial charge in [-0.05, 0) is 30.5 Å². The van der Waals surface area contributed by atoms with Gasteiger partial charge in [0.1, 0.15) is 11.3 Å². The highest BCUT2D eigenvalue weighted by atomic mass is 16.5. The molecule has 110 valence electrons. The Hall–Kier alpha value is -1.59. The standard InChI is InChI=1S/C15H22N2O3/c1-2-8-20-13-5-3-4-12(9-13)10-17-7-6-15(16,11-17)14(18)19/h3-5,9H,2,6-8,10-11,16H2,1H3,(H,18,19). The molecule has 1 fully saturated rings. The van der Waals surface area contributed by atoms with Crippen molar-refractivity contribution in [2.75, 3.05) is 19.7 Å². The van der Waals surface area contributed by atoms with Gasteiger partial charge in [-0.2, -0.15) is 0 Å². The lowest BCUT2D eigenvalue weighted by atomic mass is 10.0. The summed E-state index contributed by atoms with van der Waals surface area (Å²) in [7, 11) is 0. The second kappa shape index (κ2) is 6.24. The van der Waals surface area contributed by atoms with E-state index in [1.807, 2.05) is 24.3 Å². The predicted octanol–water partition coefficient (Wildman–Crippen LogP) is 1.46. The van der Waals surface area contributed by atoms with Crippen LogP contribution in [0.2, 0.25) is 0 Å². The zero-order valence-electron chi connectivity index (χ0n) is 11.8. The molecule has 1 saturated heterocycles. The van der Waals surface area contributed by atoms with Crippen LogP contribution in [0.4, 0.5) is 0 Å². The average molecular weight is 278 g/mol. The number of rotatable bonds is 6. The third kappa shape index (κ3) is 3.49. The number of hydrogen-bond donors (Lipinski definition) is 2. The number of hydrogen-bond acceptors (Lipinski definition) is 4. The Kier molecular flexibility index (Phi) is 4.62. The van der Waals surface area contributed by atoms with E-state index in [9.17, 15) is 4.79 Å². The molecule has 1 aromatic carbocycles. The van der Waals surface area contributed by atoms with Gasteiger partial charge in [0.05, 0.1) is 6.61 Å². The number of carboxylic acids is 1. The number of likely N-dealkylation sites (tertiary alicyclic amines) is 1. The monoisotopic (exact) mass is 278 g/mol. The summed E-state index contributed by atoms with van der Waals surface area (Å²) >= 11 is 0. The summed E-state index contributed by atoms with van der Waals surface area (Å²) in [5.41, 5.74) is 5.89. The number of carboxylic acid groups (broad SMARTS) is 1. The van der Waals surface area contributed by atoms with Gasteiger partial charge in [0.25, 0.3) is 0 Å². The molecule has 3 N–H and O–H groups in total. The maximum atomic E-state index is 11.1. The number of nitrogens with two attached hydrogens (primary N) is 1. The SMILES string of the molecule is CCCOc1cccc(CN2CCC(N)(C(=O)O)C2)c1. The van der Waals surface area contributed by atoms with Gasteiger partial charge in [0.15, 0.2) is 0 Å². The molecule has 0 aromatic heterocycles. The van der Waals surface area contributed by atoms with E-state index in [0.717, 1.165) is 17.7 Å². The average Bonchev–Trinajstić information content (AvgIpc) is 2.80. The first kappa shape index (κ1) is 14.8. The lowest BCUT2D eigenvalue weighted by Gasteiger charge is -2.20. The molecule has 1 atom stereocenters. The second-order valence-corrected chi connectivity index (χ2v) is 5.42. The third-order valence-electron chi connectivity index (χ3n) is 3.58. The molecule has 1 unspecified atom stereocenters. The summed E-state index contributed by atoms with van der Waals surface area (Å²) in [4.78, 5) is 13.2. The van der Waals surface area contributed by atoms with E-state index in [1.165, 1.54) is 0 Å². The highest BCUT2D eigenvalue weighted by Crippen LogP contribution is 2.22. The van der Waals surface area contributed by atoms with Gasteiger partial charge in [0.2, 0.25) is 0 Å². The van der Waals surface area contributed by atoms with Crippen LogP contribution in [0.25, 0.3) is 0 Å². The quantitative estimate of drug-likeness (QED) is 0.824. The fourth-order valence-electron chi connectivity index (χ4n) is 2.44. The Morgan fingerprint density at radius 2 is 2.35 bits per heavy atom. The molecule has 0 saturated carbocycles. The maximum absolute atomic E-state index is 11.1. The molecule has 20 heavy (non-hydrogen) atoms. The number of aliphatic carboxylic acids is 1. The van der Waals surface area contributed by atoms with Crippen LogP contribution in [0.3, 0.4) is 0 Å². The van der Waals surface area contributed by atoms with E-state index in [0.29, 0.717) is 32.7 Å². The van der Waals surface area contributed by atoms with E-state index in [-0.39, 0.29) is 0 Å². The van der Waals surface area contributed by atoms with E-state index in [4.69, 9.17) is 15.6 Å². The molecule has 0 bridgehead atoms. The maximum Gasteiger partial charge on any atom is 0.325 e. The molecule has 0 spiro atoms. The molecule has 0 aliphatic carbocycles. The van der Waals surface area contributed by atoms with Crippen molar-refractivity contribution in [3.8, 4) is 5.75 Å². The Bertz CT molecular complexity index is 478. The van der Waals surface area contributed by atoms with Crippen LogP contribution in [-0.4, -0.2) is 41.2 Å². The van der Waals surface area contributed by atoms with Gasteiger partial charge in [0, 0.05) is 19.6 Å². The van der Waals surface area contributed by atoms with Crippen LogP contribution >= 0.6 is 0 Å². The van der Waals surface area contributed by atoms with E-state index in [1.54, 1.807) is 0 Å². The number of ether oxygens (including phenoxy) is 1. The zero-order valence-corrected chi connectivity index (χ0v) is 11.8. The zero-order chi connectivity index (χ0) is 14.6. The molecule has 0 amide bonds. The molecule has 0 radical (unpaired) electrons. The highest BCUT2D eigenvalue weighted by molar-refractivity contribution is 5.79. The van der Waals surface area contributed by atoms with Crippen molar-refractivity contribution in [3.05, 3.63) is 29.8 Å². The van der Waals surface area contributed by atoms with Gasteiger partial charge >= 0.3 is 5.97 Å². The molecule has 1 aromatic rings. The van der Waals surface area contributed by atoms with Crippen molar-refractivity contribution in [2.24, 2.45) is 5.73 Å². The first-order chi connectivity index (χ1) is 9.53. The lowest BCUT2D eigenvalue weighted by molar-refractivity contribution is -0.142. The van der Waals surface area contributed by atoms with Crippen LogP contribution in [-0.2, 0) is 11.3 Å². The lowest BCUT2D eigenvalue weighted by Crippen LogP contribution is -2.50. The summed E-state index contributed by atoms with van der Waals surface area (Å²) in [5, 5.41) is 9.13. The largest absolute Gasteiger partial charge is 0.494 e. The van der Waals surface area contributed by atoms with Crippen molar-refractivity contribution in [2.45, 2.75) is 31.8 Å². The fourth-order valence-corrected chi connectivity index (χ4v) is 2.44. The molecular formula is C15H22N2O3. The molecule has 2 rings (SSSR count). The van der Waals surface area contributed by atoms with Gasteiger partial charge in [-0.3, -0.25) is 9.69 Å². The Balaban J connectivity index is 1.96. The number of nitrogens with zero attached hydrogens (tertiary/aromatic N) is 1. The number of benzene rings is 1. The first-order valence-corrected chi connectivity index (χ1v) is 7.00. The van der Waals surface area contributed by atoms with Crippen LogP contribution in [0, 0.1) is 0 Å². The van der Waals surface area contributed by atoms with Crippen LogP contribution in [0.15, 0.2) is 24.3 Å². The Labute approximate surface area is 119 Å². The smallest absolute Gasteiger partial charge is 0.325 e. The minimum Gasteiger partial charge on any atom is -0.494 e. The Morgan fingerprint density at radius 1 is 1.55 bits per heavy atom. The van der Waals surface area contributed by atoms with Gasteiger partial charge in [-0.25, -0.2) is 0 Å². The predicted molar refractivity (Wildman–Crippen MR) is 76.7 cm³/mol. The molecular weight excluding hydrogens is 256 g/mol. The molecule has 5 nitrogen and oxygen atoms in total. The van der Waals surface area contributed by atoms with Gasteiger partial charge in [-0.1, -0.05) is 19.1 Å². The highest BCUT2D eigenvalue weighted by Gasteiger charge is 2.40. The Morgan fingerprint density at radius 3 is 3.00 bits per heavy atom. The summed E-state index contributed by atoms with van der Waals surface area (Å²) in [5.74, 6) is -0.0548. The number of carbonyl (C=O) groups is 1. The summed E-state index contributed by atoms with van der Waals surface area (Å²) < 4.78 is 5.60. The van der Waals surface area contributed by atoms with E-state index < -0.39 is 11.5 Å². The second-order valence-electron chi connectivity index (χ2n) is 5.42. The summed E-state index contributed by atoms with van der Waals surface area (Å²) in [6, 6.07) is 7.93. The van der Waals surface area contributed by atoms with Crippen molar-refractivity contribution in [1.82, 2.24) is 4.90 Å². The van der Waals surface area contributed by atoms with Crippen molar-refractivity contribution in [3.63, 3.8) is 0 Å². The summed E-state index contributed by atoms with van der Waals surface area (Å²) in [6.45, 7) is 4.58. The van der Waals surface area contributed by atoms with Crippen LogP contribution < -0.4 is 10.5 Å². The van der Waals surface area contributed by atoms with Gasteiger partial charge < -0.3 is 15.6 Å². The molecule has 1 aliphatic heterocycles. The van der Waals surface area contributed by atoms with Crippen molar-refractivity contribution < 1.29 is 14.6 Å². The van der Waals surface area contributed by atoms with Gasteiger partial charge in [-0.15, -0.1) is 0 Å². The molecule has 1 heterocycles. The van der Waals surface area contributed by atoms with Crippen molar-refractivity contribution in [1.29, 1.82) is 0 Å². The first-order valence-electron chi connectivity index (χ1n) is 7.00. The molecule has 5 heteroatoms. The van der Waals surface area contributed by atoms with Crippen molar-refractivity contribution >= 4 is 5.97 Å². The summed E-state index contributed by atoms with van der Waals surface area (Å²) in [6.07, 6.45) is 1.47. The van der Waals surface area contributed by atoms with E-state index >= 15 is 0 Å². The van der Waals surface area contributed by atoms with E-state index in [2.05, 4.69) is 11.8 Å². The topological polar surface area (TPSA) is 75.8 Å². The third-order valence-corrected chi connectivity index (χ3v) is 3.58.